The van der Waals surface area contributed by atoms with Crippen LogP contribution in [0.5, 0.6) is 0 Å². The first kappa shape index (κ1) is 22.4. The number of rotatable bonds is 5. The van der Waals surface area contributed by atoms with Gasteiger partial charge in [-0.3, -0.25) is 4.79 Å². The maximum absolute atomic E-state index is 12.6. The van der Waals surface area contributed by atoms with Crippen molar-refractivity contribution in [2.75, 3.05) is 24.3 Å². The number of carbonyl (C=O) groups excluding carboxylic acids is 1. The lowest BCUT2D eigenvalue weighted by atomic mass is 9.91. The maximum Gasteiger partial charge on any atom is 0.263 e. The van der Waals surface area contributed by atoms with E-state index in [1.165, 1.54) is 0 Å². The van der Waals surface area contributed by atoms with Crippen LogP contribution in [0.25, 0.3) is 10.9 Å². The van der Waals surface area contributed by atoms with Gasteiger partial charge in [-0.05, 0) is 37.8 Å². The molecule has 2 heterocycles. The molecule has 10 heteroatoms. The second-order valence-corrected chi connectivity index (χ2v) is 10.2. The fraction of sp³-hybridized carbons (Fsp3) is 0.381. The highest BCUT2D eigenvalue weighted by molar-refractivity contribution is 7.19. The summed E-state index contributed by atoms with van der Waals surface area (Å²) < 4.78 is 0.331. The van der Waals surface area contributed by atoms with Crippen LogP contribution in [0.4, 0.5) is 11.8 Å². The monoisotopic (exact) mass is 497 g/mol. The zero-order valence-electron chi connectivity index (χ0n) is 17.1. The Kier molecular flexibility index (Phi) is 6.77. The Hall–Kier alpha value is -1.80. The number of anilines is 2. The summed E-state index contributed by atoms with van der Waals surface area (Å²) in [4.78, 5) is 24.3. The molecule has 4 rings (SSSR count). The number of thiophene rings is 1. The molecule has 0 aliphatic heterocycles. The third-order valence-corrected chi connectivity index (χ3v) is 7.94. The van der Waals surface area contributed by atoms with Gasteiger partial charge in [-0.1, -0.05) is 46.9 Å². The Morgan fingerprint density at radius 1 is 1.03 bits per heavy atom. The molecule has 0 radical (unpaired) electrons. The van der Waals surface area contributed by atoms with E-state index in [9.17, 15) is 4.79 Å². The predicted molar refractivity (Wildman–Crippen MR) is 130 cm³/mol. The highest BCUT2D eigenvalue weighted by Crippen LogP contribution is 2.40. The summed E-state index contributed by atoms with van der Waals surface area (Å²) in [5, 5.41) is 8.01. The van der Waals surface area contributed by atoms with E-state index in [0.29, 0.717) is 15.2 Å². The van der Waals surface area contributed by atoms with Gasteiger partial charge in [0.05, 0.1) is 15.6 Å². The minimum Gasteiger partial charge on any atom is -0.362 e. The van der Waals surface area contributed by atoms with Crippen LogP contribution in [0.2, 0.25) is 14.4 Å². The Bertz CT molecular complexity index is 1110. The Labute approximate surface area is 199 Å². The van der Waals surface area contributed by atoms with Crippen molar-refractivity contribution in [2.45, 2.75) is 37.8 Å². The molecule has 0 bridgehead atoms. The van der Waals surface area contributed by atoms with Crippen molar-refractivity contribution < 1.29 is 4.79 Å². The van der Waals surface area contributed by atoms with Crippen LogP contribution in [-0.2, 0) is 0 Å². The number of para-hydroxylation sites is 1. The summed E-state index contributed by atoms with van der Waals surface area (Å²) in [6.45, 7) is 0. The largest absolute Gasteiger partial charge is 0.362 e. The van der Waals surface area contributed by atoms with E-state index >= 15 is 0 Å². The number of aromatic nitrogens is 2. The van der Waals surface area contributed by atoms with E-state index in [0.717, 1.165) is 53.7 Å². The molecule has 0 atom stereocenters. The summed E-state index contributed by atoms with van der Waals surface area (Å²) >= 11 is 19.2. The lowest BCUT2D eigenvalue weighted by molar-refractivity contribution is 0.0931. The normalized spacial score (nSPS) is 18.7. The maximum atomic E-state index is 12.6. The van der Waals surface area contributed by atoms with Gasteiger partial charge in [-0.25, -0.2) is 4.98 Å². The van der Waals surface area contributed by atoms with Crippen molar-refractivity contribution in [1.29, 1.82) is 0 Å². The minimum atomic E-state index is -0.228. The first-order valence-electron chi connectivity index (χ1n) is 9.98. The molecule has 1 saturated carbocycles. The van der Waals surface area contributed by atoms with Crippen LogP contribution in [0.15, 0.2) is 24.3 Å². The third kappa shape index (κ3) is 4.85. The average molecular weight is 499 g/mol. The molecule has 1 fully saturated rings. The van der Waals surface area contributed by atoms with E-state index in [4.69, 9.17) is 39.8 Å². The van der Waals surface area contributed by atoms with E-state index < -0.39 is 0 Å². The predicted octanol–water partition coefficient (Wildman–Crippen LogP) is 5.87. The molecule has 31 heavy (non-hydrogen) atoms. The molecular formula is C21H22Cl3N5OS. The number of nitrogens with zero attached hydrogens (tertiary/aromatic N) is 3. The number of benzene rings is 1. The smallest absolute Gasteiger partial charge is 0.263 e. The molecular weight excluding hydrogens is 477 g/mol. The summed E-state index contributed by atoms with van der Waals surface area (Å²) in [6.07, 6.45) is 3.50. The molecule has 6 nitrogen and oxygen atoms in total. The summed E-state index contributed by atoms with van der Waals surface area (Å²) in [6, 6.07) is 8.33. The number of carbonyl (C=O) groups is 1. The molecule has 1 aliphatic rings. The molecule has 1 aromatic carbocycles. The summed E-state index contributed by atoms with van der Waals surface area (Å²) in [7, 11) is 3.96. The van der Waals surface area contributed by atoms with Gasteiger partial charge in [-0.15, -0.1) is 11.3 Å². The fourth-order valence-electron chi connectivity index (χ4n) is 3.79. The Morgan fingerprint density at radius 3 is 2.35 bits per heavy atom. The molecule has 0 unspecified atom stereocenters. The van der Waals surface area contributed by atoms with E-state index in [1.54, 1.807) is 0 Å². The zero-order chi connectivity index (χ0) is 22.1. The number of halogens is 3. The minimum absolute atomic E-state index is 0.0797. The first-order chi connectivity index (χ1) is 14.8. The van der Waals surface area contributed by atoms with Crippen LogP contribution in [0.1, 0.15) is 35.4 Å². The number of hydrogen-bond acceptors (Lipinski definition) is 6. The van der Waals surface area contributed by atoms with Crippen molar-refractivity contribution in [3.8, 4) is 0 Å². The van der Waals surface area contributed by atoms with E-state index in [2.05, 4.69) is 15.6 Å². The van der Waals surface area contributed by atoms with Gasteiger partial charge in [0.25, 0.3) is 5.91 Å². The molecule has 2 aromatic heterocycles. The first-order valence-corrected chi connectivity index (χ1v) is 11.9. The van der Waals surface area contributed by atoms with Gasteiger partial charge in [0.15, 0.2) is 0 Å². The SMILES string of the molecule is CN(C)c1nc(NC2CCC(NC(=O)c3sc(Cl)c(Cl)c3Cl)CC2)nc2ccccc12. The summed E-state index contributed by atoms with van der Waals surface area (Å²) in [5.74, 6) is 1.29. The van der Waals surface area contributed by atoms with E-state index in [-0.39, 0.29) is 28.0 Å². The quantitative estimate of drug-likeness (QED) is 0.460. The molecule has 164 valence electrons. The lowest BCUT2D eigenvalue weighted by Crippen LogP contribution is -2.40. The van der Waals surface area contributed by atoms with Crippen LogP contribution in [-0.4, -0.2) is 42.1 Å². The van der Waals surface area contributed by atoms with Gasteiger partial charge >= 0.3 is 0 Å². The number of hydrogen-bond donors (Lipinski definition) is 2. The zero-order valence-corrected chi connectivity index (χ0v) is 20.2. The van der Waals surface area contributed by atoms with Gasteiger partial charge in [0, 0.05) is 31.6 Å². The molecule has 0 spiro atoms. The molecule has 0 saturated heterocycles. The molecule has 3 aromatic rings. The summed E-state index contributed by atoms with van der Waals surface area (Å²) in [5.41, 5.74) is 0.912. The molecule has 1 aliphatic carbocycles. The Morgan fingerprint density at radius 2 is 1.71 bits per heavy atom. The van der Waals surface area contributed by atoms with Gasteiger partial charge < -0.3 is 15.5 Å². The van der Waals surface area contributed by atoms with Gasteiger partial charge in [-0.2, -0.15) is 4.98 Å². The standard InChI is InChI=1S/C21H22Cl3N5OS/c1-29(2)19-13-5-3-4-6-14(13)27-21(28-19)26-12-9-7-11(8-10-12)25-20(30)17-15(22)16(23)18(24)31-17/h3-6,11-12H,7-10H2,1-2H3,(H,25,30)(H,26,27,28). The second-order valence-electron chi connectivity index (χ2n) is 7.78. The van der Waals surface area contributed by atoms with Crippen molar-refractivity contribution >= 4 is 74.7 Å². The van der Waals surface area contributed by atoms with Crippen molar-refractivity contribution in [1.82, 2.24) is 15.3 Å². The van der Waals surface area contributed by atoms with E-state index in [1.807, 2.05) is 43.3 Å². The van der Waals surface area contributed by atoms with Crippen molar-refractivity contribution in [2.24, 2.45) is 0 Å². The highest BCUT2D eigenvalue weighted by atomic mass is 35.5. The van der Waals surface area contributed by atoms with Crippen LogP contribution < -0.4 is 15.5 Å². The van der Waals surface area contributed by atoms with Crippen molar-refractivity contribution in [3.05, 3.63) is 43.5 Å². The molecule has 1 amide bonds. The fourth-order valence-corrected chi connectivity index (χ4v) is 5.50. The average Bonchev–Trinajstić information content (AvgIpc) is 3.02. The van der Waals surface area contributed by atoms with Crippen LogP contribution >= 0.6 is 46.1 Å². The van der Waals surface area contributed by atoms with Gasteiger partial charge in [0.1, 0.15) is 15.0 Å². The topological polar surface area (TPSA) is 70.2 Å². The van der Waals surface area contributed by atoms with Crippen LogP contribution in [0.3, 0.4) is 0 Å². The highest BCUT2D eigenvalue weighted by Gasteiger charge is 2.26. The number of amides is 1. The van der Waals surface area contributed by atoms with Crippen molar-refractivity contribution in [3.63, 3.8) is 0 Å². The van der Waals surface area contributed by atoms with Gasteiger partial charge in [0.2, 0.25) is 5.95 Å². The van der Waals surface area contributed by atoms with Crippen LogP contribution in [0, 0.1) is 0 Å². The second kappa shape index (κ2) is 9.36. The lowest BCUT2D eigenvalue weighted by Gasteiger charge is -2.30. The Balaban J connectivity index is 1.38. The third-order valence-electron chi connectivity index (χ3n) is 5.36. The number of fused-ring (bicyclic) bond motifs is 1. The molecule has 2 N–H and O–H groups in total. The number of nitrogens with one attached hydrogen (secondary N) is 2.